The van der Waals surface area contributed by atoms with Crippen molar-refractivity contribution in [1.82, 2.24) is 15.1 Å². The van der Waals surface area contributed by atoms with Crippen LogP contribution in [0.1, 0.15) is 57.7 Å². The summed E-state index contributed by atoms with van der Waals surface area (Å²) >= 11 is 0. The highest BCUT2D eigenvalue weighted by atomic mass is 16.4. The molecule has 0 atom stereocenters. The summed E-state index contributed by atoms with van der Waals surface area (Å²) in [5, 5.41) is 16.5. The summed E-state index contributed by atoms with van der Waals surface area (Å²) in [7, 11) is 0. The molecule has 0 aliphatic carbocycles. The molecule has 1 heterocycles. The van der Waals surface area contributed by atoms with Crippen molar-refractivity contribution in [3.05, 3.63) is 17.5 Å². The predicted octanol–water partition coefficient (Wildman–Crippen LogP) is 2.08. The Hall–Kier alpha value is -1.85. The van der Waals surface area contributed by atoms with E-state index in [-0.39, 0.29) is 5.91 Å². The molecular formula is C15H25N3O3. The van der Waals surface area contributed by atoms with Crippen molar-refractivity contribution >= 4 is 11.9 Å². The highest BCUT2D eigenvalue weighted by Crippen LogP contribution is 2.31. The van der Waals surface area contributed by atoms with Crippen molar-refractivity contribution in [2.45, 2.75) is 60.0 Å². The van der Waals surface area contributed by atoms with Crippen LogP contribution in [0.15, 0.2) is 6.07 Å². The minimum absolute atomic E-state index is 0.302. The number of nitrogens with zero attached hydrogens (tertiary/aromatic N) is 2. The average Bonchev–Trinajstić information content (AvgIpc) is 2.81. The summed E-state index contributed by atoms with van der Waals surface area (Å²) in [6.45, 7) is 11.1. The van der Waals surface area contributed by atoms with E-state index in [1.165, 1.54) is 0 Å². The minimum Gasteiger partial charge on any atom is -0.481 e. The number of aliphatic carboxylic acids is 1. The van der Waals surface area contributed by atoms with Gasteiger partial charge in [-0.3, -0.25) is 14.3 Å². The van der Waals surface area contributed by atoms with Crippen LogP contribution < -0.4 is 5.32 Å². The maximum absolute atomic E-state index is 12.5. The van der Waals surface area contributed by atoms with Crippen molar-refractivity contribution < 1.29 is 14.7 Å². The number of amides is 1. The van der Waals surface area contributed by atoms with Crippen molar-refractivity contribution in [2.24, 2.45) is 5.41 Å². The van der Waals surface area contributed by atoms with Gasteiger partial charge >= 0.3 is 5.97 Å². The van der Waals surface area contributed by atoms with E-state index in [1.807, 2.05) is 13.8 Å². The topological polar surface area (TPSA) is 84.2 Å². The zero-order chi connectivity index (χ0) is 16.4. The summed E-state index contributed by atoms with van der Waals surface area (Å²) in [6, 6.07) is 1.75. The first-order valence-electron chi connectivity index (χ1n) is 7.19. The lowest BCUT2D eigenvalue weighted by Gasteiger charge is -2.38. The molecule has 0 aliphatic heterocycles. The highest BCUT2D eigenvalue weighted by molar-refractivity contribution is 5.93. The van der Waals surface area contributed by atoms with E-state index in [9.17, 15) is 14.7 Å². The number of hydrogen-bond donors (Lipinski definition) is 2. The van der Waals surface area contributed by atoms with Crippen molar-refractivity contribution in [2.75, 3.05) is 0 Å². The zero-order valence-electron chi connectivity index (χ0n) is 13.6. The number of carbonyl (C=O) groups excluding carboxylic acids is 1. The number of aromatic nitrogens is 2. The second-order valence-corrected chi connectivity index (χ2v) is 6.20. The summed E-state index contributed by atoms with van der Waals surface area (Å²) < 4.78 is 1.64. The number of carboxylic acid groups (broad SMARTS) is 1. The fourth-order valence-electron chi connectivity index (χ4n) is 1.84. The summed E-state index contributed by atoms with van der Waals surface area (Å²) in [4.78, 5) is 23.9. The number of hydrogen-bond acceptors (Lipinski definition) is 3. The van der Waals surface area contributed by atoms with Gasteiger partial charge in [-0.2, -0.15) is 5.10 Å². The Balaban J connectivity index is 3.05. The van der Waals surface area contributed by atoms with Gasteiger partial charge in [-0.25, -0.2) is 0 Å². The first-order chi connectivity index (χ1) is 9.56. The Labute approximate surface area is 125 Å². The van der Waals surface area contributed by atoms with Crippen molar-refractivity contribution in [1.29, 1.82) is 0 Å². The Morgan fingerprint density at radius 1 is 1.29 bits per heavy atom. The van der Waals surface area contributed by atoms with E-state index in [4.69, 9.17) is 0 Å². The second-order valence-electron chi connectivity index (χ2n) is 6.20. The highest BCUT2D eigenvalue weighted by Gasteiger charge is 2.44. The molecule has 0 fully saturated rings. The minimum atomic E-state index is -1.09. The molecule has 0 aromatic carbocycles. The number of carboxylic acids is 1. The standard InChI is InChI=1S/C15H25N3O3/c1-7-10-9-11(18(8-2)17-10)12(19)16-15(5,6)14(3,4)13(20)21/h9H,7-8H2,1-6H3,(H,16,19)(H,20,21). The van der Waals surface area contributed by atoms with E-state index < -0.39 is 16.9 Å². The number of nitrogens with one attached hydrogen (secondary N) is 1. The van der Waals surface area contributed by atoms with Gasteiger partial charge in [-0.15, -0.1) is 0 Å². The smallest absolute Gasteiger partial charge is 0.311 e. The van der Waals surface area contributed by atoms with Gasteiger partial charge in [0.25, 0.3) is 5.91 Å². The summed E-state index contributed by atoms with van der Waals surface area (Å²) in [6.07, 6.45) is 0.747. The van der Waals surface area contributed by atoms with Crippen LogP contribution in [0.4, 0.5) is 0 Å². The molecule has 0 saturated carbocycles. The van der Waals surface area contributed by atoms with Crippen molar-refractivity contribution in [3.63, 3.8) is 0 Å². The lowest BCUT2D eigenvalue weighted by molar-refractivity contribution is -0.150. The van der Waals surface area contributed by atoms with E-state index >= 15 is 0 Å². The third kappa shape index (κ3) is 3.25. The van der Waals surface area contributed by atoms with E-state index in [0.29, 0.717) is 12.2 Å². The molecule has 1 amide bonds. The van der Waals surface area contributed by atoms with Gasteiger partial charge in [0, 0.05) is 6.54 Å². The van der Waals surface area contributed by atoms with Crippen LogP contribution >= 0.6 is 0 Å². The average molecular weight is 295 g/mol. The number of rotatable bonds is 6. The Kier molecular flexibility index (Phi) is 4.81. The largest absolute Gasteiger partial charge is 0.481 e. The number of carbonyl (C=O) groups is 2. The molecule has 0 spiro atoms. The van der Waals surface area contributed by atoms with Crippen LogP contribution in [0, 0.1) is 5.41 Å². The lowest BCUT2D eigenvalue weighted by atomic mass is 9.74. The van der Waals surface area contributed by atoms with Gasteiger partial charge < -0.3 is 10.4 Å². The van der Waals surface area contributed by atoms with Crippen LogP contribution in [0.25, 0.3) is 0 Å². The molecular weight excluding hydrogens is 270 g/mol. The third-order valence-corrected chi connectivity index (χ3v) is 4.25. The molecule has 0 aliphatic rings. The van der Waals surface area contributed by atoms with Gasteiger partial charge in [0.1, 0.15) is 5.69 Å². The molecule has 1 aromatic rings. The van der Waals surface area contributed by atoms with Gasteiger partial charge in [-0.1, -0.05) is 6.92 Å². The SMILES string of the molecule is CCc1cc(C(=O)NC(C)(C)C(C)(C)C(=O)O)n(CC)n1. The maximum Gasteiger partial charge on any atom is 0.311 e. The van der Waals surface area contributed by atoms with Crippen LogP contribution in [0.2, 0.25) is 0 Å². The van der Waals surface area contributed by atoms with Crippen LogP contribution in [0.3, 0.4) is 0 Å². The summed E-state index contributed by atoms with van der Waals surface area (Å²) in [5.74, 6) is -1.26. The quantitative estimate of drug-likeness (QED) is 0.841. The molecule has 2 N–H and O–H groups in total. The molecule has 0 radical (unpaired) electrons. The first-order valence-corrected chi connectivity index (χ1v) is 7.19. The van der Waals surface area contributed by atoms with E-state index in [0.717, 1.165) is 12.1 Å². The second kappa shape index (κ2) is 5.87. The van der Waals surface area contributed by atoms with E-state index in [2.05, 4.69) is 10.4 Å². The predicted molar refractivity (Wildman–Crippen MR) is 80.2 cm³/mol. The molecule has 0 bridgehead atoms. The van der Waals surface area contributed by atoms with Crippen LogP contribution in [-0.4, -0.2) is 32.3 Å². The summed E-state index contributed by atoms with van der Waals surface area (Å²) in [5.41, 5.74) is -0.681. The molecule has 6 heteroatoms. The van der Waals surface area contributed by atoms with Gasteiger partial charge in [0.05, 0.1) is 16.6 Å². The zero-order valence-corrected chi connectivity index (χ0v) is 13.6. The molecule has 0 unspecified atom stereocenters. The Morgan fingerprint density at radius 2 is 1.86 bits per heavy atom. The Bertz CT molecular complexity index is 544. The fourth-order valence-corrected chi connectivity index (χ4v) is 1.84. The lowest BCUT2D eigenvalue weighted by Crippen LogP contribution is -2.57. The van der Waals surface area contributed by atoms with Gasteiger partial charge in [0.15, 0.2) is 0 Å². The van der Waals surface area contributed by atoms with Crippen LogP contribution in [-0.2, 0) is 17.8 Å². The first kappa shape index (κ1) is 17.2. The Morgan fingerprint density at radius 3 is 2.29 bits per heavy atom. The molecule has 6 nitrogen and oxygen atoms in total. The molecule has 0 saturated heterocycles. The van der Waals surface area contributed by atoms with Crippen molar-refractivity contribution in [3.8, 4) is 0 Å². The molecule has 21 heavy (non-hydrogen) atoms. The van der Waals surface area contributed by atoms with E-state index in [1.54, 1.807) is 38.4 Å². The normalized spacial score (nSPS) is 12.3. The molecule has 1 aromatic heterocycles. The molecule has 118 valence electrons. The monoisotopic (exact) mass is 295 g/mol. The fraction of sp³-hybridized carbons (Fsp3) is 0.667. The molecule has 1 rings (SSSR count). The van der Waals surface area contributed by atoms with Gasteiger partial charge in [-0.05, 0) is 47.1 Å². The van der Waals surface area contributed by atoms with Gasteiger partial charge in [0.2, 0.25) is 0 Å². The third-order valence-electron chi connectivity index (χ3n) is 4.25. The maximum atomic E-state index is 12.5. The number of aryl methyl sites for hydroxylation is 2. The van der Waals surface area contributed by atoms with Crippen LogP contribution in [0.5, 0.6) is 0 Å².